The van der Waals surface area contributed by atoms with Crippen LogP contribution < -0.4 is 16.4 Å². The topological polar surface area (TPSA) is 106 Å². The van der Waals surface area contributed by atoms with Crippen molar-refractivity contribution in [2.24, 2.45) is 5.73 Å². The van der Waals surface area contributed by atoms with Gasteiger partial charge in [-0.05, 0) is 36.2 Å². The van der Waals surface area contributed by atoms with E-state index in [-0.39, 0.29) is 0 Å². The van der Waals surface area contributed by atoms with Crippen LogP contribution in [0.5, 0.6) is 0 Å². The predicted octanol–water partition coefficient (Wildman–Crippen LogP) is 3.39. The second-order valence-corrected chi connectivity index (χ2v) is 8.08. The second-order valence-electron chi connectivity index (χ2n) is 6.41. The summed E-state index contributed by atoms with van der Waals surface area (Å²) < 4.78 is 0. The van der Waals surface area contributed by atoms with Crippen LogP contribution in [0.15, 0.2) is 66.4 Å². The number of rotatable bonds is 5. The Balaban J connectivity index is 1.76. The first-order valence-corrected chi connectivity index (χ1v) is 9.90. The number of carbonyl (C=O) groups excluding carboxylic acids is 1. The summed E-state index contributed by atoms with van der Waals surface area (Å²) >= 11 is 7.81. The predicted molar refractivity (Wildman–Crippen MR) is 115 cm³/mol. The van der Waals surface area contributed by atoms with Gasteiger partial charge in [0.15, 0.2) is 4.99 Å². The molecule has 4 N–H and O–H groups in total. The number of nitrogens with zero attached hydrogens (tertiary/aromatic N) is 3. The molecule has 1 aromatic carbocycles. The van der Waals surface area contributed by atoms with Crippen molar-refractivity contribution in [2.45, 2.75) is 11.9 Å². The summed E-state index contributed by atoms with van der Waals surface area (Å²) in [6.07, 6.45) is 8.23. The van der Waals surface area contributed by atoms with Gasteiger partial charge in [-0.25, -0.2) is 15.0 Å². The lowest BCUT2D eigenvalue weighted by Gasteiger charge is -2.33. The Hall–Kier alpha value is -3.10. The highest BCUT2D eigenvalue weighted by molar-refractivity contribution is 8.05. The molecule has 1 aliphatic rings. The average molecular weight is 425 g/mol. The number of aromatic nitrogens is 3. The number of benzene rings is 1. The number of halogens is 1. The van der Waals surface area contributed by atoms with E-state index in [1.54, 1.807) is 24.8 Å². The molecule has 3 heterocycles. The van der Waals surface area contributed by atoms with Gasteiger partial charge in [-0.2, -0.15) is 0 Å². The molecule has 29 heavy (non-hydrogen) atoms. The first kappa shape index (κ1) is 19.2. The zero-order chi connectivity index (χ0) is 20.4. The van der Waals surface area contributed by atoms with Crippen LogP contribution >= 0.6 is 23.4 Å². The molecule has 1 amide bonds. The van der Waals surface area contributed by atoms with Crippen molar-refractivity contribution < 1.29 is 4.79 Å². The lowest BCUT2D eigenvalue weighted by atomic mass is 10.1. The molecule has 1 unspecified atom stereocenters. The third kappa shape index (κ3) is 3.76. The van der Waals surface area contributed by atoms with E-state index in [2.05, 4.69) is 25.6 Å². The maximum atomic E-state index is 11.8. The molecule has 7 nitrogen and oxygen atoms in total. The van der Waals surface area contributed by atoms with E-state index in [1.165, 1.54) is 18.1 Å². The summed E-state index contributed by atoms with van der Waals surface area (Å²) in [6, 6.07) is 9.41. The van der Waals surface area contributed by atoms with Crippen molar-refractivity contribution in [1.29, 1.82) is 0 Å². The molecule has 0 saturated carbocycles. The van der Waals surface area contributed by atoms with Gasteiger partial charge < -0.3 is 16.4 Å². The number of nitrogens with two attached hydrogens (primary N) is 1. The number of thioether (sulfide) groups is 1. The van der Waals surface area contributed by atoms with Crippen molar-refractivity contribution in [3.8, 4) is 11.1 Å². The molecule has 1 atom stereocenters. The summed E-state index contributed by atoms with van der Waals surface area (Å²) in [5.74, 6) is 0.0730. The van der Waals surface area contributed by atoms with Gasteiger partial charge in [-0.3, -0.25) is 4.79 Å². The summed E-state index contributed by atoms with van der Waals surface area (Å²) in [5.41, 5.74) is 9.03. The molecule has 0 bridgehead atoms. The Kier molecular flexibility index (Phi) is 5.12. The Bertz CT molecular complexity index is 1090. The number of pyridine rings is 1. The van der Waals surface area contributed by atoms with Crippen LogP contribution in [0.3, 0.4) is 0 Å². The minimum Gasteiger partial charge on any atom is -0.365 e. The third-order valence-electron chi connectivity index (χ3n) is 4.44. The Morgan fingerprint density at radius 1 is 1.24 bits per heavy atom. The molecular formula is C20H17ClN6OS. The van der Waals surface area contributed by atoms with Gasteiger partial charge in [-0.15, -0.1) is 0 Å². The minimum atomic E-state index is -0.939. The van der Waals surface area contributed by atoms with Gasteiger partial charge in [0, 0.05) is 40.9 Å². The Morgan fingerprint density at radius 3 is 2.72 bits per heavy atom. The van der Waals surface area contributed by atoms with Crippen molar-refractivity contribution in [3.63, 3.8) is 0 Å². The zero-order valence-electron chi connectivity index (χ0n) is 15.4. The normalized spacial score (nSPS) is 18.1. The van der Waals surface area contributed by atoms with Crippen LogP contribution in [0.25, 0.3) is 11.1 Å². The molecule has 0 saturated heterocycles. The highest BCUT2D eigenvalue weighted by Crippen LogP contribution is 2.46. The molecular weight excluding hydrogens is 408 g/mol. The van der Waals surface area contributed by atoms with Gasteiger partial charge >= 0.3 is 0 Å². The van der Waals surface area contributed by atoms with Crippen molar-refractivity contribution in [1.82, 2.24) is 20.3 Å². The molecule has 3 aromatic rings. The van der Waals surface area contributed by atoms with Crippen LogP contribution in [0, 0.1) is 6.92 Å². The van der Waals surface area contributed by atoms with E-state index in [4.69, 9.17) is 17.3 Å². The Morgan fingerprint density at radius 2 is 2.03 bits per heavy atom. The van der Waals surface area contributed by atoms with E-state index >= 15 is 0 Å². The molecule has 4 rings (SSSR count). The quantitative estimate of drug-likeness (QED) is 0.576. The number of aryl methyl sites for hydroxylation is 1. The maximum Gasteiger partial charge on any atom is 0.256 e. The van der Waals surface area contributed by atoms with Crippen LogP contribution in [-0.4, -0.2) is 20.9 Å². The van der Waals surface area contributed by atoms with E-state index in [9.17, 15) is 4.79 Å². The summed E-state index contributed by atoms with van der Waals surface area (Å²) in [6.45, 7) is 1.96. The maximum absolute atomic E-state index is 11.8. The van der Waals surface area contributed by atoms with E-state index < -0.39 is 10.9 Å². The molecule has 2 aromatic heterocycles. The third-order valence-corrected chi connectivity index (χ3v) is 6.03. The zero-order valence-corrected chi connectivity index (χ0v) is 17.0. The van der Waals surface area contributed by atoms with Gasteiger partial charge in [-0.1, -0.05) is 35.5 Å². The number of primary amides is 1. The van der Waals surface area contributed by atoms with Crippen LogP contribution in [0.1, 0.15) is 11.1 Å². The fourth-order valence-corrected chi connectivity index (χ4v) is 4.76. The molecule has 9 heteroatoms. The first-order chi connectivity index (χ1) is 14.0. The molecule has 0 aliphatic carbocycles. The lowest BCUT2D eigenvalue weighted by molar-refractivity contribution is -0.113. The molecule has 1 aliphatic heterocycles. The molecule has 146 valence electrons. The summed E-state index contributed by atoms with van der Waals surface area (Å²) in [4.78, 5) is 23.8. The van der Waals surface area contributed by atoms with Gasteiger partial charge in [0.05, 0.1) is 4.91 Å². The smallest absolute Gasteiger partial charge is 0.256 e. The van der Waals surface area contributed by atoms with Crippen molar-refractivity contribution in [3.05, 3.63) is 82.5 Å². The fraction of sp³-hybridized carbons (Fsp3) is 0.100. The van der Waals surface area contributed by atoms with E-state index in [0.29, 0.717) is 15.7 Å². The van der Waals surface area contributed by atoms with Crippen LogP contribution in [0.4, 0.5) is 5.82 Å². The largest absolute Gasteiger partial charge is 0.365 e. The number of hydrogen-bond acceptors (Lipinski definition) is 7. The second kappa shape index (κ2) is 7.73. The van der Waals surface area contributed by atoms with Crippen molar-refractivity contribution in [2.75, 3.05) is 5.32 Å². The van der Waals surface area contributed by atoms with Gasteiger partial charge in [0.1, 0.15) is 12.1 Å². The molecule has 0 radical (unpaired) electrons. The SMILES string of the molecule is Cc1cccc(Cl)c1C1(Nc2cc(-c3cncnc3)ccn2)NC=C(C(N)=O)S1. The number of carbonyl (C=O) groups is 1. The highest BCUT2D eigenvalue weighted by Gasteiger charge is 2.42. The van der Waals surface area contributed by atoms with Gasteiger partial charge in [0.25, 0.3) is 5.91 Å². The summed E-state index contributed by atoms with van der Waals surface area (Å²) in [5, 5.41) is 7.21. The first-order valence-electron chi connectivity index (χ1n) is 8.70. The average Bonchev–Trinajstić information content (AvgIpc) is 3.14. The lowest BCUT2D eigenvalue weighted by Crippen LogP contribution is -2.42. The van der Waals surface area contributed by atoms with E-state index in [0.717, 1.165) is 22.3 Å². The number of amides is 1. The van der Waals surface area contributed by atoms with E-state index in [1.807, 2.05) is 37.3 Å². The highest BCUT2D eigenvalue weighted by atomic mass is 35.5. The molecule has 0 fully saturated rings. The monoisotopic (exact) mass is 424 g/mol. The van der Waals surface area contributed by atoms with Crippen LogP contribution in [-0.2, 0) is 9.79 Å². The number of nitrogens with one attached hydrogen (secondary N) is 2. The standard InChI is InChI=1S/C20H17ClN6OS/c1-12-3-2-4-15(21)18(12)20(26-10-16(29-20)19(22)28)27-17-7-13(5-6-25-17)14-8-23-11-24-9-14/h2-11,26H,1H3,(H2,22,28)(H,25,27). The van der Waals surface area contributed by atoms with Gasteiger partial charge in [0.2, 0.25) is 0 Å². The Labute approximate surface area is 176 Å². The minimum absolute atomic E-state index is 0.393. The summed E-state index contributed by atoms with van der Waals surface area (Å²) in [7, 11) is 0. The number of hydrogen-bond donors (Lipinski definition) is 3. The molecule has 0 spiro atoms. The van der Waals surface area contributed by atoms with Crippen molar-refractivity contribution >= 4 is 35.1 Å². The number of anilines is 1. The van der Waals surface area contributed by atoms with Crippen LogP contribution in [0.2, 0.25) is 5.02 Å². The fourth-order valence-electron chi connectivity index (χ4n) is 3.14.